The first-order chi connectivity index (χ1) is 22.0. The van der Waals surface area contributed by atoms with Gasteiger partial charge in [0, 0.05) is 11.6 Å². The van der Waals surface area contributed by atoms with Crippen LogP contribution in [0.1, 0.15) is 48.4 Å². The van der Waals surface area contributed by atoms with Gasteiger partial charge >= 0.3 is 12.5 Å². The van der Waals surface area contributed by atoms with Crippen molar-refractivity contribution in [2.24, 2.45) is 0 Å². The Labute approximate surface area is 259 Å². The highest BCUT2D eigenvalue weighted by molar-refractivity contribution is 5.67. The number of benzene rings is 4. The predicted molar refractivity (Wildman–Crippen MR) is 145 cm³/mol. The Balaban J connectivity index is 1.54. The number of unbranched alkanes of at least 4 members (excludes halogenated alkanes) is 2. The molecule has 0 bridgehead atoms. The Bertz CT molecular complexity index is 1790. The highest BCUT2D eigenvalue weighted by atomic mass is 19.4. The van der Waals surface area contributed by atoms with Crippen LogP contribution in [0.3, 0.4) is 0 Å². The fourth-order valence-electron chi connectivity index (χ4n) is 4.46. The van der Waals surface area contributed by atoms with Crippen molar-refractivity contribution in [1.82, 2.24) is 0 Å². The molecule has 0 fully saturated rings. The molecule has 47 heavy (non-hydrogen) atoms. The molecule has 0 atom stereocenters. The van der Waals surface area contributed by atoms with Crippen LogP contribution in [0.25, 0.3) is 11.1 Å². The zero-order valence-electron chi connectivity index (χ0n) is 23.9. The van der Waals surface area contributed by atoms with Crippen molar-refractivity contribution < 1.29 is 62.2 Å². The molecule has 4 aromatic carbocycles. The minimum Gasteiger partial charge on any atom is -0.429 e. The van der Waals surface area contributed by atoms with Crippen molar-refractivity contribution in [3.05, 3.63) is 118 Å². The van der Waals surface area contributed by atoms with E-state index in [0.717, 1.165) is 37.1 Å². The van der Waals surface area contributed by atoms with Gasteiger partial charge in [0.2, 0.25) is 5.75 Å². The van der Waals surface area contributed by atoms with Gasteiger partial charge in [-0.25, -0.2) is 30.7 Å². The van der Waals surface area contributed by atoms with Crippen molar-refractivity contribution >= 4 is 0 Å². The molecular formula is C33H20F12O2. The summed E-state index contributed by atoms with van der Waals surface area (Å²) in [5.74, 6) is -9.34. The zero-order valence-corrected chi connectivity index (χ0v) is 23.9. The lowest BCUT2D eigenvalue weighted by molar-refractivity contribution is -0.276. The average molecular weight is 676 g/mol. The van der Waals surface area contributed by atoms with E-state index in [1.165, 1.54) is 0 Å². The molecule has 0 amide bonds. The summed E-state index contributed by atoms with van der Waals surface area (Å²) in [5.41, 5.74) is -4.26. The standard InChI is InChI=1S/C33H20F12O2/c1-2-3-4-5-17-12-25(37)30(26(38)13-17)32(41,42)46-21-9-8-19(22(34)16-21)7-6-18-10-23(35)29(24(36)11-18)20-14-27(39)31(28(40)15-20)47-33(43,44)45/h8-16H,2-5H2,1H3. The molecule has 0 aromatic heterocycles. The second kappa shape index (κ2) is 13.9. The summed E-state index contributed by atoms with van der Waals surface area (Å²) in [6.07, 6.45) is -7.54. The van der Waals surface area contributed by atoms with E-state index in [4.69, 9.17) is 0 Å². The molecule has 4 rings (SSSR count). The summed E-state index contributed by atoms with van der Waals surface area (Å²) in [5, 5.41) is 0. The van der Waals surface area contributed by atoms with E-state index in [2.05, 4.69) is 21.3 Å². The molecule has 4 aromatic rings. The van der Waals surface area contributed by atoms with Crippen LogP contribution in [-0.4, -0.2) is 6.36 Å². The van der Waals surface area contributed by atoms with E-state index in [1.54, 1.807) is 0 Å². The third kappa shape index (κ3) is 8.52. The van der Waals surface area contributed by atoms with Crippen LogP contribution in [0.2, 0.25) is 0 Å². The fourth-order valence-corrected chi connectivity index (χ4v) is 4.46. The van der Waals surface area contributed by atoms with Crippen molar-refractivity contribution in [3.63, 3.8) is 0 Å². The van der Waals surface area contributed by atoms with Crippen LogP contribution >= 0.6 is 0 Å². The van der Waals surface area contributed by atoms with E-state index in [1.807, 2.05) is 6.92 Å². The molecule has 0 aliphatic heterocycles. The SMILES string of the molecule is CCCCCc1cc(F)c(C(F)(F)Oc2ccc(C#Cc3cc(F)c(-c4cc(F)c(OC(F)(F)F)c(F)c4)c(F)c3)c(F)c2)c(F)c1. The number of rotatable bonds is 9. The molecule has 0 radical (unpaired) electrons. The average Bonchev–Trinajstić information content (AvgIpc) is 2.93. The van der Waals surface area contributed by atoms with Crippen LogP contribution in [0.15, 0.2) is 54.6 Å². The van der Waals surface area contributed by atoms with Crippen LogP contribution in [0.5, 0.6) is 11.5 Å². The van der Waals surface area contributed by atoms with Gasteiger partial charge < -0.3 is 9.47 Å². The van der Waals surface area contributed by atoms with Crippen LogP contribution in [0, 0.1) is 52.6 Å². The van der Waals surface area contributed by atoms with Crippen molar-refractivity contribution in [1.29, 1.82) is 0 Å². The smallest absolute Gasteiger partial charge is 0.429 e. The monoisotopic (exact) mass is 676 g/mol. The lowest BCUT2D eigenvalue weighted by atomic mass is 10.0. The van der Waals surface area contributed by atoms with E-state index in [9.17, 15) is 52.7 Å². The van der Waals surface area contributed by atoms with Gasteiger partial charge in [0.15, 0.2) is 11.6 Å². The Morgan fingerprint density at radius 1 is 0.617 bits per heavy atom. The van der Waals surface area contributed by atoms with Crippen molar-refractivity contribution in [3.8, 4) is 34.5 Å². The number of halogens is 12. The highest BCUT2D eigenvalue weighted by Gasteiger charge is 2.41. The molecule has 0 saturated heterocycles. The highest BCUT2D eigenvalue weighted by Crippen LogP contribution is 2.37. The normalized spacial score (nSPS) is 11.7. The Kier molecular flexibility index (Phi) is 10.4. The Morgan fingerprint density at radius 2 is 1.21 bits per heavy atom. The minimum absolute atomic E-state index is 0.174. The zero-order chi connectivity index (χ0) is 34.7. The Morgan fingerprint density at radius 3 is 1.74 bits per heavy atom. The van der Waals surface area contributed by atoms with Gasteiger partial charge in [-0.2, -0.15) is 8.78 Å². The molecule has 248 valence electrons. The first-order valence-corrected chi connectivity index (χ1v) is 13.6. The summed E-state index contributed by atoms with van der Waals surface area (Å²) < 4.78 is 176. The molecule has 0 spiro atoms. The van der Waals surface area contributed by atoms with Gasteiger partial charge in [-0.3, -0.25) is 0 Å². The molecule has 0 aliphatic carbocycles. The van der Waals surface area contributed by atoms with E-state index < -0.39 is 92.5 Å². The maximum absolute atomic E-state index is 14.8. The predicted octanol–water partition coefficient (Wildman–Crippen LogP) is 10.5. The molecule has 2 nitrogen and oxygen atoms in total. The van der Waals surface area contributed by atoms with Gasteiger partial charge in [-0.15, -0.1) is 13.2 Å². The summed E-state index contributed by atoms with van der Waals surface area (Å²) in [6.45, 7) is 1.91. The number of hydrogen-bond acceptors (Lipinski definition) is 2. The summed E-state index contributed by atoms with van der Waals surface area (Å²) in [4.78, 5) is 0. The maximum Gasteiger partial charge on any atom is 0.573 e. The molecule has 14 heteroatoms. The quantitative estimate of drug-likeness (QED) is 0.0998. The van der Waals surface area contributed by atoms with Crippen LogP contribution in [-0.2, 0) is 12.5 Å². The van der Waals surface area contributed by atoms with Gasteiger partial charge in [-0.05, 0) is 72.5 Å². The molecule has 0 N–H and O–H groups in total. The maximum atomic E-state index is 14.8. The van der Waals surface area contributed by atoms with Gasteiger partial charge in [0.05, 0.1) is 11.1 Å². The first-order valence-electron chi connectivity index (χ1n) is 13.6. The fraction of sp³-hybridized carbons (Fsp3) is 0.212. The molecular weight excluding hydrogens is 656 g/mol. The first kappa shape index (κ1) is 35.1. The molecule has 0 saturated carbocycles. The van der Waals surface area contributed by atoms with Crippen molar-refractivity contribution in [2.75, 3.05) is 0 Å². The molecule has 0 unspecified atom stereocenters. The number of hydrogen-bond donors (Lipinski definition) is 0. The topological polar surface area (TPSA) is 18.5 Å². The molecule has 0 aliphatic rings. The van der Waals surface area contributed by atoms with Gasteiger partial charge in [-0.1, -0.05) is 31.6 Å². The van der Waals surface area contributed by atoms with E-state index >= 15 is 0 Å². The second-order valence-electron chi connectivity index (χ2n) is 10.0. The lowest BCUT2D eigenvalue weighted by Gasteiger charge is -2.20. The number of alkyl halides is 5. The summed E-state index contributed by atoms with van der Waals surface area (Å²) >= 11 is 0. The third-order valence-electron chi connectivity index (χ3n) is 6.54. The van der Waals surface area contributed by atoms with Crippen LogP contribution < -0.4 is 9.47 Å². The summed E-state index contributed by atoms with van der Waals surface area (Å²) in [6, 6.07) is 5.20. The number of ether oxygens (including phenoxy) is 2. The lowest BCUT2D eigenvalue weighted by Crippen LogP contribution is -2.25. The second-order valence-corrected chi connectivity index (χ2v) is 10.0. The molecule has 0 heterocycles. The Hall–Kier alpha value is -4.80. The summed E-state index contributed by atoms with van der Waals surface area (Å²) in [7, 11) is 0. The third-order valence-corrected chi connectivity index (χ3v) is 6.54. The van der Waals surface area contributed by atoms with Crippen molar-refractivity contribution in [2.45, 2.75) is 45.1 Å². The van der Waals surface area contributed by atoms with Crippen LogP contribution in [0.4, 0.5) is 52.7 Å². The van der Waals surface area contributed by atoms with E-state index in [-0.39, 0.29) is 24.1 Å². The minimum atomic E-state index is -5.45. The van der Waals surface area contributed by atoms with E-state index in [0.29, 0.717) is 24.6 Å². The largest absolute Gasteiger partial charge is 0.573 e. The van der Waals surface area contributed by atoms with Gasteiger partial charge in [0.25, 0.3) is 0 Å². The number of aryl methyl sites for hydroxylation is 1. The van der Waals surface area contributed by atoms with Gasteiger partial charge in [0.1, 0.15) is 40.4 Å².